The van der Waals surface area contributed by atoms with Crippen molar-refractivity contribution < 1.29 is 4.92 Å². The van der Waals surface area contributed by atoms with Crippen LogP contribution in [0.5, 0.6) is 0 Å². The summed E-state index contributed by atoms with van der Waals surface area (Å²) in [5.74, 6) is 0. The van der Waals surface area contributed by atoms with Crippen molar-refractivity contribution in [2.45, 2.75) is 32.2 Å². The van der Waals surface area contributed by atoms with Gasteiger partial charge in [-0.15, -0.1) is 0 Å². The first-order valence-electron chi connectivity index (χ1n) is 5.23. The van der Waals surface area contributed by atoms with Gasteiger partial charge in [-0.2, -0.15) is 0 Å². The fraction of sp³-hybridized carbons (Fsp3) is 0.455. The van der Waals surface area contributed by atoms with Crippen molar-refractivity contribution in [3.63, 3.8) is 0 Å². The molecule has 1 aromatic carbocycles. The van der Waals surface area contributed by atoms with Crippen LogP contribution < -0.4 is 5.73 Å². The van der Waals surface area contributed by atoms with E-state index in [0.717, 1.165) is 12.8 Å². The molecule has 0 saturated heterocycles. The number of hydrogen-bond acceptors (Lipinski definition) is 3. The molecule has 0 aliphatic rings. The molecule has 0 radical (unpaired) electrons. The Hall–Kier alpha value is -1.13. The maximum Gasteiger partial charge on any atom is 0.274 e. The number of benzene rings is 1. The van der Waals surface area contributed by atoms with Gasteiger partial charge in [0.2, 0.25) is 0 Å². The maximum atomic E-state index is 10.8. The predicted octanol–water partition coefficient (Wildman–Crippen LogP) is 2.92. The molecule has 0 fully saturated rings. The number of nitrogens with zero attached hydrogens (tertiary/aromatic N) is 1. The van der Waals surface area contributed by atoms with Crippen molar-refractivity contribution in [1.29, 1.82) is 0 Å². The highest BCUT2D eigenvalue weighted by atomic mass is 35.5. The first-order valence-corrected chi connectivity index (χ1v) is 5.60. The second kappa shape index (κ2) is 5.82. The zero-order chi connectivity index (χ0) is 12.1. The Balaban J connectivity index is 2.90. The molecule has 1 unspecified atom stereocenters. The fourth-order valence-electron chi connectivity index (χ4n) is 1.63. The summed E-state index contributed by atoms with van der Waals surface area (Å²) in [6, 6.07) is 4.67. The molecule has 0 aromatic heterocycles. The summed E-state index contributed by atoms with van der Waals surface area (Å²) in [7, 11) is 0. The van der Waals surface area contributed by atoms with Crippen LogP contribution in [0.3, 0.4) is 0 Å². The molecule has 0 amide bonds. The predicted molar refractivity (Wildman–Crippen MR) is 64.7 cm³/mol. The SMILES string of the molecule is CCCC(N)Cc1ccc(Cl)cc1[N+](=O)[O-]. The minimum atomic E-state index is -0.417. The molecule has 1 rings (SSSR count). The van der Waals surface area contributed by atoms with Gasteiger partial charge >= 0.3 is 0 Å². The second-order valence-corrected chi connectivity index (χ2v) is 4.22. The maximum absolute atomic E-state index is 10.8. The summed E-state index contributed by atoms with van der Waals surface area (Å²) in [5, 5.41) is 11.2. The smallest absolute Gasteiger partial charge is 0.274 e. The molecule has 0 aliphatic carbocycles. The van der Waals surface area contributed by atoms with E-state index in [1.807, 2.05) is 6.92 Å². The van der Waals surface area contributed by atoms with E-state index in [-0.39, 0.29) is 11.7 Å². The van der Waals surface area contributed by atoms with Crippen molar-refractivity contribution >= 4 is 17.3 Å². The summed E-state index contributed by atoms with van der Waals surface area (Å²) in [4.78, 5) is 10.4. The third kappa shape index (κ3) is 3.47. The van der Waals surface area contributed by atoms with Crippen LogP contribution in [-0.4, -0.2) is 11.0 Å². The van der Waals surface area contributed by atoms with Crippen LogP contribution in [0.4, 0.5) is 5.69 Å². The minimum Gasteiger partial charge on any atom is -0.327 e. The molecule has 1 aromatic rings. The van der Waals surface area contributed by atoms with E-state index in [1.54, 1.807) is 12.1 Å². The fourth-order valence-corrected chi connectivity index (χ4v) is 1.80. The van der Waals surface area contributed by atoms with Gasteiger partial charge in [0.25, 0.3) is 5.69 Å². The summed E-state index contributed by atoms with van der Waals surface area (Å²) in [6.07, 6.45) is 2.35. The minimum absolute atomic E-state index is 0.0372. The molecular weight excluding hydrogens is 228 g/mol. The molecule has 2 N–H and O–H groups in total. The lowest BCUT2D eigenvalue weighted by Crippen LogP contribution is -2.22. The van der Waals surface area contributed by atoms with Crippen molar-refractivity contribution in [1.82, 2.24) is 0 Å². The van der Waals surface area contributed by atoms with Gasteiger partial charge in [0.05, 0.1) is 4.92 Å². The molecule has 0 saturated carbocycles. The molecule has 0 spiro atoms. The van der Waals surface area contributed by atoms with Gasteiger partial charge in [-0.3, -0.25) is 10.1 Å². The Morgan fingerprint density at radius 1 is 1.56 bits per heavy atom. The third-order valence-electron chi connectivity index (χ3n) is 2.39. The first kappa shape index (κ1) is 12.9. The molecule has 0 heterocycles. The van der Waals surface area contributed by atoms with Crippen molar-refractivity contribution in [3.8, 4) is 0 Å². The molecule has 1 atom stereocenters. The van der Waals surface area contributed by atoms with E-state index in [4.69, 9.17) is 17.3 Å². The lowest BCUT2D eigenvalue weighted by molar-refractivity contribution is -0.385. The molecule has 4 nitrogen and oxygen atoms in total. The molecule has 5 heteroatoms. The second-order valence-electron chi connectivity index (χ2n) is 3.78. The van der Waals surface area contributed by atoms with Crippen LogP contribution in [0.25, 0.3) is 0 Å². The number of nitro groups is 1. The summed E-state index contributed by atoms with van der Waals surface area (Å²) in [6.45, 7) is 2.04. The van der Waals surface area contributed by atoms with E-state index in [0.29, 0.717) is 17.0 Å². The first-order chi connectivity index (χ1) is 7.54. The van der Waals surface area contributed by atoms with Crippen LogP contribution >= 0.6 is 11.6 Å². The van der Waals surface area contributed by atoms with E-state index in [1.165, 1.54) is 6.07 Å². The molecule has 16 heavy (non-hydrogen) atoms. The van der Waals surface area contributed by atoms with E-state index < -0.39 is 4.92 Å². The number of rotatable bonds is 5. The molecule has 0 aliphatic heterocycles. The highest BCUT2D eigenvalue weighted by molar-refractivity contribution is 6.30. The van der Waals surface area contributed by atoms with Gasteiger partial charge in [-0.25, -0.2) is 0 Å². The highest BCUT2D eigenvalue weighted by Gasteiger charge is 2.16. The summed E-state index contributed by atoms with van der Waals surface area (Å²) >= 11 is 5.72. The van der Waals surface area contributed by atoms with Crippen LogP contribution in [0, 0.1) is 10.1 Å². The highest BCUT2D eigenvalue weighted by Crippen LogP contribution is 2.24. The van der Waals surface area contributed by atoms with Crippen molar-refractivity contribution in [2.75, 3.05) is 0 Å². The summed E-state index contributed by atoms with van der Waals surface area (Å²) < 4.78 is 0. The van der Waals surface area contributed by atoms with Crippen LogP contribution in [-0.2, 0) is 6.42 Å². The summed E-state index contributed by atoms with van der Waals surface area (Å²) in [5.41, 5.74) is 6.57. The zero-order valence-electron chi connectivity index (χ0n) is 9.15. The lowest BCUT2D eigenvalue weighted by atomic mass is 10.0. The Morgan fingerprint density at radius 3 is 2.81 bits per heavy atom. The standard InChI is InChI=1S/C11H15ClN2O2/c1-2-3-10(13)6-8-4-5-9(12)7-11(8)14(15)16/h4-5,7,10H,2-3,6,13H2,1H3. The molecule has 88 valence electrons. The van der Waals surface area contributed by atoms with Crippen LogP contribution in [0.15, 0.2) is 18.2 Å². The van der Waals surface area contributed by atoms with Crippen LogP contribution in [0.1, 0.15) is 25.3 Å². The van der Waals surface area contributed by atoms with E-state index >= 15 is 0 Å². The topological polar surface area (TPSA) is 69.2 Å². The van der Waals surface area contributed by atoms with Gasteiger partial charge in [-0.1, -0.05) is 31.0 Å². The number of nitrogens with two attached hydrogens (primary N) is 1. The zero-order valence-corrected chi connectivity index (χ0v) is 9.91. The Morgan fingerprint density at radius 2 is 2.25 bits per heavy atom. The van der Waals surface area contributed by atoms with Crippen LogP contribution in [0.2, 0.25) is 5.02 Å². The Labute approximate surface area is 99.6 Å². The van der Waals surface area contributed by atoms with E-state index in [2.05, 4.69) is 0 Å². The Bertz CT molecular complexity index is 382. The quantitative estimate of drug-likeness (QED) is 0.638. The monoisotopic (exact) mass is 242 g/mol. The van der Waals surface area contributed by atoms with Gasteiger partial charge in [0, 0.05) is 22.7 Å². The number of halogens is 1. The normalized spacial score (nSPS) is 12.4. The van der Waals surface area contributed by atoms with E-state index in [9.17, 15) is 10.1 Å². The molecule has 0 bridgehead atoms. The van der Waals surface area contributed by atoms with Gasteiger partial charge in [0.15, 0.2) is 0 Å². The largest absolute Gasteiger partial charge is 0.327 e. The average molecular weight is 243 g/mol. The van der Waals surface area contributed by atoms with Crippen molar-refractivity contribution in [2.24, 2.45) is 5.73 Å². The molecular formula is C11H15ClN2O2. The lowest BCUT2D eigenvalue weighted by Gasteiger charge is -2.10. The number of hydrogen-bond donors (Lipinski definition) is 1. The third-order valence-corrected chi connectivity index (χ3v) is 2.62. The number of nitro benzene ring substituents is 1. The van der Waals surface area contributed by atoms with Crippen molar-refractivity contribution in [3.05, 3.63) is 38.9 Å². The van der Waals surface area contributed by atoms with Gasteiger partial charge < -0.3 is 5.73 Å². The Kier molecular flexibility index (Phi) is 4.71. The van der Waals surface area contributed by atoms with Gasteiger partial charge in [-0.05, 0) is 18.9 Å². The van der Waals surface area contributed by atoms with Gasteiger partial charge in [0.1, 0.15) is 0 Å². The average Bonchev–Trinajstić information content (AvgIpc) is 2.20.